The number of thiazole rings is 1. The minimum Gasteiger partial charge on any atom is -0.393 e. The van der Waals surface area contributed by atoms with Crippen LogP contribution in [-0.2, 0) is 4.79 Å². The Kier molecular flexibility index (Phi) is 4.60. The topological polar surface area (TPSA) is 56.7 Å². The third kappa shape index (κ3) is 3.35. The van der Waals surface area contributed by atoms with Crippen LogP contribution in [0, 0.1) is 11.7 Å². The number of likely N-dealkylation sites (tertiary alicyclic amines) is 1. The highest BCUT2D eigenvalue weighted by molar-refractivity contribution is 7.22. The lowest BCUT2D eigenvalue weighted by Gasteiger charge is -2.36. The molecule has 0 radical (unpaired) electrons. The number of nitrogens with zero attached hydrogens (tertiary/aromatic N) is 3. The molecule has 0 atom stereocenters. The summed E-state index contributed by atoms with van der Waals surface area (Å²) in [4.78, 5) is 21.2. The third-order valence-electron chi connectivity index (χ3n) is 5.25. The van der Waals surface area contributed by atoms with Crippen LogP contribution in [0.5, 0.6) is 0 Å². The minimum absolute atomic E-state index is 0.0533. The minimum atomic E-state index is -0.280. The van der Waals surface area contributed by atoms with Gasteiger partial charge in [0.1, 0.15) is 11.3 Å². The number of hydrogen-bond donors (Lipinski definition) is 1. The molecule has 5 nitrogen and oxygen atoms in total. The van der Waals surface area contributed by atoms with Gasteiger partial charge < -0.3 is 14.9 Å². The van der Waals surface area contributed by atoms with Crippen LogP contribution < -0.4 is 4.90 Å². The summed E-state index contributed by atoms with van der Waals surface area (Å²) in [5, 5.41) is 10.4. The lowest BCUT2D eigenvalue weighted by Crippen LogP contribution is -2.46. The van der Waals surface area contributed by atoms with E-state index in [2.05, 4.69) is 9.88 Å². The molecule has 1 amide bonds. The highest BCUT2D eigenvalue weighted by Gasteiger charge is 2.31. The number of amides is 1. The summed E-state index contributed by atoms with van der Waals surface area (Å²) in [7, 11) is 0. The zero-order valence-electron chi connectivity index (χ0n) is 14.0. The molecular weight excluding hydrogens is 341 g/mol. The van der Waals surface area contributed by atoms with Crippen LogP contribution in [0.4, 0.5) is 9.52 Å². The van der Waals surface area contributed by atoms with Gasteiger partial charge in [0.05, 0.1) is 10.8 Å². The van der Waals surface area contributed by atoms with Crippen molar-refractivity contribution >= 4 is 32.6 Å². The van der Waals surface area contributed by atoms with Gasteiger partial charge in [0.2, 0.25) is 5.91 Å². The average molecular weight is 363 g/mol. The SMILES string of the molecule is O=C(C1CCN(c2nc3c(F)cccc3s2)CC1)N1CCC(O)CC1. The first-order valence-electron chi connectivity index (χ1n) is 8.88. The summed E-state index contributed by atoms with van der Waals surface area (Å²) in [5.74, 6) is -0.00292. The summed E-state index contributed by atoms with van der Waals surface area (Å²) in [5.41, 5.74) is 0.438. The molecular formula is C18H22FN3O2S. The van der Waals surface area contributed by atoms with E-state index in [0.29, 0.717) is 31.4 Å². The second kappa shape index (κ2) is 6.88. The number of fused-ring (bicyclic) bond motifs is 1. The van der Waals surface area contributed by atoms with Gasteiger partial charge in [-0.1, -0.05) is 17.4 Å². The van der Waals surface area contributed by atoms with Crippen LogP contribution in [0.25, 0.3) is 10.2 Å². The number of carbonyl (C=O) groups is 1. The van der Waals surface area contributed by atoms with Gasteiger partial charge in [-0.05, 0) is 37.8 Å². The lowest BCUT2D eigenvalue weighted by atomic mass is 9.94. The van der Waals surface area contributed by atoms with Crippen LogP contribution in [0.1, 0.15) is 25.7 Å². The molecule has 1 aromatic heterocycles. The van der Waals surface area contributed by atoms with Crippen molar-refractivity contribution in [2.75, 3.05) is 31.1 Å². The molecule has 2 saturated heterocycles. The predicted octanol–water partition coefficient (Wildman–Crippen LogP) is 2.64. The molecule has 0 spiro atoms. The molecule has 0 saturated carbocycles. The molecule has 2 aliphatic rings. The molecule has 2 aliphatic heterocycles. The summed E-state index contributed by atoms with van der Waals surface area (Å²) >= 11 is 1.51. The first-order chi connectivity index (χ1) is 12.1. The predicted molar refractivity (Wildman–Crippen MR) is 96.3 cm³/mol. The van der Waals surface area contributed by atoms with E-state index in [1.807, 2.05) is 11.0 Å². The van der Waals surface area contributed by atoms with Crippen molar-refractivity contribution in [1.82, 2.24) is 9.88 Å². The molecule has 1 N–H and O–H groups in total. The van der Waals surface area contributed by atoms with Crippen molar-refractivity contribution in [3.8, 4) is 0 Å². The second-order valence-corrected chi connectivity index (χ2v) is 7.91. The smallest absolute Gasteiger partial charge is 0.225 e. The fourth-order valence-corrected chi connectivity index (χ4v) is 4.73. The van der Waals surface area contributed by atoms with E-state index in [9.17, 15) is 14.3 Å². The Balaban J connectivity index is 1.39. The van der Waals surface area contributed by atoms with Crippen molar-refractivity contribution in [2.45, 2.75) is 31.8 Å². The highest BCUT2D eigenvalue weighted by atomic mass is 32.1. The Labute approximate surface area is 150 Å². The Hall–Kier alpha value is -1.73. The molecule has 3 heterocycles. The van der Waals surface area contributed by atoms with Crippen LogP contribution in [0.2, 0.25) is 0 Å². The maximum atomic E-state index is 13.8. The molecule has 1 aromatic carbocycles. The van der Waals surface area contributed by atoms with Gasteiger partial charge in [0, 0.05) is 32.1 Å². The lowest BCUT2D eigenvalue weighted by molar-refractivity contribution is -0.138. The van der Waals surface area contributed by atoms with Crippen LogP contribution in [0.15, 0.2) is 18.2 Å². The number of carbonyl (C=O) groups excluding carboxylic acids is 1. The number of benzene rings is 1. The Bertz CT molecular complexity index is 765. The standard InChI is InChI=1S/C18H22FN3O2S/c19-14-2-1-3-15-16(14)20-18(25-15)22-8-4-12(5-9-22)17(24)21-10-6-13(23)7-11-21/h1-3,12-13,23H,4-11H2. The monoisotopic (exact) mass is 363 g/mol. The van der Waals surface area contributed by atoms with Crippen molar-refractivity contribution in [3.63, 3.8) is 0 Å². The first-order valence-corrected chi connectivity index (χ1v) is 9.70. The van der Waals surface area contributed by atoms with Gasteiger partial charge in [-0.2, -0.15) is 0 Å². The summed E-state index contributed by atoms with van der Waals surface area (Å²) in [6.07, 6.45) is 2.71. The second-order valence-electron chi connectivity index (χ2n) is 6.90. The fourth-order valence-electron chi connectivity index (χ4n) is 3.70. The Morgan fingerprint density at radius 1 is 1.16 bits per heavy atom. The zero-order chi connectivity index (χ0) is 17.4. The number of aliphatic hydroxyl groups is 1. The van der Waals surface area contributed by atoms with Crippen molar-refractivity contribution in [1.29, 1.82) is 0 Å². The fraction of sp³-hybridized carbons (Fsp3) is 0.556. The Morgan fingerprint density at radius 2 is 1.88 bits per heavy atom. The molecule has 0 bridgehead atoms. The molecule has 7 heteroatoms. The van der Waals surface area contributed by atoms with Crippen LogP contribution in [0.3, 0.4) is 0 Å². The normalized spacial score (nSPS) is 20.4. The number of anilines is 1. The number of piperidine rings is 2. The van der Waals surface area contributed by atoms with Gasteiger partial charge in [0.15, 0.2) is 5.13 Å². The summed E-state index contributed by atoms with van der Waals surface area (Å²) < 4.78 is 14.7. The maximum Gasteiger partial charge on any atom is 0.225 e. The van der Waals surface area contributed by atoms with Crippen LogP contribution >= 0.6 is 11.3 Å². The van der Waals surface area contributed by atoms with Crippen molar-refractivity contribution in [2.24, 2.45) is 5.92 Å². The molecule has 0 aliphatic carbocycles. The summed E-state index contributed by atoms with van der Waals surface area (Å²) in [6, 6.07) is 5.03. The average Bonchev–Trinajstić information content (AvgIpc) is 3.08. The van der Waals surface area contributed by atoms with Gasteiger partial charge in [-0.25, -0.2) is 9.37 Å². The molecule has 2 aromatic rings. The Morgan fingerprint density at radius 3 is 2.56 bits per heavy atom. The highest BCUT2D eigenvalue weighted by Crippen LogP contribution is 2.33. The first kappa shape index (κ1) is 16.7. The van der Waals surface area contributed by atoms with Gasteiger partial charge in [0.25, 0.3) is 0 Å². The van der Waals surface area contributed by atoms with Crippen molar-refractivity contribution in [3.05, 3.63) is 24.0 Å². The number of halogens is 1. The van der Waals surface area contributed by atoms with E-state index < -0.39 is 0 Å². The van der Waals surface area contributed by atoms with E-state index >= 15 is 0 Å². The van der Waals surface area contributed by atoms with E-state index in [0.717, 1.165) is 35.8 Å². The summed E-state index contributed by atoms with van der Waals surface area (Å²) in [6.45, 7) is 2.87. The number of para-hydroxylation sites is 1. The molecule has 25 heavy (non-hydrogen) atoms. The number of aromatic nitrogens is 1. The zero-order valence-corrected chi connectivity index (χ0v) is 14.8. The van der Waals surface area contributed by atoms with Gasteiger partial charge in [-0.15, -0.1) is 0 Å². The van der Waals surface area contributed by atoms with Gasteiger partial charge in [-0.3, -0.25) is 4.79 Å². The van der Waals surface area contributed by atoms with Crippen molar-refractivity contribution < 1.29 is 14.3 Å². The van der Waals surface area contributed by atoms with Gasteiger partial charge >= 0.3 is 0 Å². The largest absolute Gasteiger partial charge is 0.393 e. The number of aliphatic hydroxyl groups excluding tert-OH is 1. The number of rotatable bonds is 2. The van der Waals surface area contributed by atoms with E-state index in [-0.39, 0.29) is 23.7 Å². The molecule has 134 valence electrons. The molecule has 2 fully saturated rings. The van der Waals surface area contributed by atoms with E-state index in [1.165, 1.54) is 17.4 Å². The maximum absolute atomic E-state index is 13.8. The molecule has 4 rings (SSSR count). The van der Waals surface area contributed by atoms with E-state index in [1.54, 1.807) is 6.07 Å². The van der Waals surface area contributed by atoms with E-state index in [4.69, 9.17) is 0 Å². The third-order valence-corrected chi connectivity index (χ3v) is 6.33. The number of hydrogen-bond acceptors (Lipinski definition) is 5. The molecule has 0 unspecified atom stereocenters. The van der Waals surface area contributed by atoms with Crippen LogP contribution in [-0.4, -0.2) is 53.2 Å². The quantitative estimate of drug-likeness (QED) is 0.891.